The monoisotopic (exact) mass is 220 g/mol. The molecular formula is C8H18GeO2. The zero-order chi connectivity index (χ0) is 8.91. The molecule has 0 saturated heterocycles. The standard InChI is InChI=1S/C8H18GeO2/c1-4-9(5-2,6-3)7-8(10)11/h4-7H2,1-3H3,(H,10,11). The van der Waals surface area contributed by atoms with Crippen molar-refractivity contribution >= 4 is 19.2 Å². The van der Waals surface area contributed by atoms with Crippen LogP contribution in [0.15, 0.2) is 0 Å². The minimum atomic E-state index is -1.88. The number of aliphatic carboxylic acids is 1. The maximum atomic E-state index is 10.5. The Labute approximate surface area is 71.4 Å². The maximum absolute atomic E-state index is 10.5. The third-order valence-corrected chi connectivity index (χ3v) is 14.4. The molecule has 0 aromatic carbocycles. The first-order valence-electron chi connectivity index (χ1n) is 4.32. The molecule has 0 unspecified atom stereocenters. The van der Waals surface area contributed by atoms with Crippen LogP contribution in [0.5, 0.6) is 0 Å². The van der Waals surface area contributed by atoms with Crippen molar-refractivity contribution in [3.8, 4) is 0 Å². The molecular weight excluding hydrogens is 201 g/mol. The van der Waals surface area contributed by atoms with E-state index in [4.69, 9.17) is 5.11 Å². The van der Waals surface area contributed by atoms with E-state index in [1.807, 2.05) is 0 Å². The van der Waals surface area contributed by atoms with E-state index >= 15 is 0 Å². The molecule has 0 atom stereocenters. The number of hydrogen-bond donors (Lipinski definition) is 1. The van der Waals surface area contributed by atoms with Gasteiger partial charge in [-0.05, 0) is 0 Å². The second kappa shape index (κ2) is 4.80. The van der Waals surface area contributed by atoms with Crippen molar-refractivity contribution in [2.24, 2.45) is 0 Å². The Morgan fingerprint density at radius 2 is 1.55 bits per heavy atom. The van der Waals surface area contributed by atoms with Gasteiger partial charge in [0.15, 0.2) is 0 Å². The summed E-state index contributed by atoms with van der Waals surface area (Å²) >= 11 is -1.88. The summed E-state index contributed by atoms with van der Waals surface area (Å²) < 4.78 is 0. The van der Waals surface area contributed by atoms with Gasteiger partial charge >= 0.3 is 70.9 Å². The molecule has 0 bridgehead atoms. The van der Waals surface area contributed by atoms with Gasteiger partial charge in [0.1, 0.15) is 0 Å². The van der Waals surface area contributed by atoms with Crippen LogP contribution >= 0.6 is 0 Å². The Hall–Kier alpha value is 0.0129. The van der Waals surface area contributed by atoms with Crippen molar-refractivity contribution in [1.29, 1.82) is 0 Å². The van der Waals surface area contributed by atoms with E-state index in [1.165, 1.54) is 0 Å². The van der Waals surface area contributed by atoms with Crippen LogP contribution < -0.4 is 0 Å². The van der Waals surface area contributed by atoms with E-state index in [2.05, 4.69) is 20.8 Å². The second-order valence-electron chi connectivity index (χ2n) is 3.13. The van der Waals surface area contributed by atoms with E-state index < -0.39 is 19.2 Å². The molecule has 0 radical (unpaired) electrons. The predicted molar refractivity (Wildman–Crippen MR) is 49.6 cm³/mol. The molecule has 66 valence electrons. The Balaban J connectivity index is 4.16. The van der Waals surface area contributed by atoms with E-state index in [9.17, 15) is 4.79 Å². The summed E-state index contributed by atoms with van der Waals surface area (Å²) in [5, 5.41) is 12.6. The Kier molecular flexibility index (Phi) is 4.81. The average Bonchev–Trinajstić information content (AvgIpc) is 2.00. The van der Waals surface area contributed by atoms with Crippen molar-refractivity contribution in [2.75, 3.05) is 0 Å². The van der Waals surface area contributed by atoms with Crippen LogP contribution in [-0.2, 0) is 4.79 Å². The topological polar surface area (TPSA) is 37.3 Å². The molecule has 0 aromatic rings. The normalized spacial score (nSPS) is 11.5. The van der Waals surface area contributed by atoms with Gasteiger partial charge in [0.05, 0.1) is 0 Å². The van der Waals surface area contributed by atoms with Crippen molar-refractivity contribution in [1.82, 2.24) is 0 Å². The first-order valence-corrected chi connectivity index (χ1v) is 10.3. The molecule has 0 spiro atoms. The quantitative estimate of drug-likeness (QED) is 0.721. The van der Waals surface area contributed by atoms with Gasteiger partial charge in [-0.3, -0.25) is 0 Å². The summed E-state index contributed by atoms with van der Waals surface area (Å²) in [5.74, 6) is -0.587. The van der Waals surface area contributed by atoms with Crippen LogP contribution in [0.3, 0.4) is 0 Å². The molecule has 0 amide bonds. The van der Waals surface area contributed by atoms with Crippen molar-refractivity contribution in [2.45, 2.75) is 41.8 Å². The van der Waals surface area contributed by atoms with Gasteiger partial charge in [-0.25, -0.2) is 0 Å². The Bertz CT molecular complexity index is 122. The number of carboxylic acids is 1. The predicted octanol–water partition coefficient (Wildman–Crippen LogP) is 2.58. The SMILES string of the molecule is C[CH2][Ge]([CH2]C)([CH2]C)[CH2]C(=O)O. The van der Waals surface area contributed by atoms with Crippen molar-refractivity contribution in [3.05, 3.63) is 0 Å². The van der Waals surface area contributed by atoms with Crippen LogP contribution in [-0.4, -0.2) is 24.3 Å². The molecule has 0 aromatic heterocycles. The molecule has 0 aliphatic heterocycles. The zero-order valence-electron chi connectivity index (χ0n) is 7.68. The van der Waals surface area contributed by atoms with E-state index in [0.29, 0.717) is 5.25 Å². The van der Waals surface area contributed by atoms with E-state index in [-0.39, 0.29) is 0 Å². The fourth-order valence-electron chi connectivity index (χ4n) is 1.45. The molecule has 0 heterocycles. The van der Waals surface area contributed by atoms with Crippen LogP contribution in [0.2, 0.25) is 21.0 Å². The summed E-state index contributed by atoms with van der Waals surface area (Å²) in [5.41, 5.74) is 0. The molecule has 11 heavy (non-hydrogen) atoms. The summed E-state index contributed by atoms with van der Waals surface area (Å²) in [6.07, 6.45) is 0. The first kappa shape index (κ1) is 11.0. The van der Waals surface area contributed by atoms with Gasteiger partial charge in [-0.1, -0.05) is 0 Å². The zero-order valence-corrected chi connectivity index (χ0v) is 9.78. The molecule has 3 heteroatoms. The number of carboxylic acid groups (broad SMARTS) is 1. The fraction of sp³-hybridized carbons (Fsp3) is 0.875. The van der Waals surface area contributed by atoms with Gasteiger partial charge in [0.25, 0.3) is 0 Å². The first-order chi connectivity index (χ1) is 5.10. The van der Waals surface area contributed by atoms with Crippen LogP contribution in [0.1, 0.15) is 20.8 Å². The third kappa shape index (κ3) is 3.27. The number of rotatable bonds is 5. The van der Waals surface area contributed by atoms with Crippen LogP contribution in [0, 0.1) is 0 Å². The number of carbonyl (C=O) groups is 1. The van der Waals surface area contributed by atoms with Gasteiger partial charge in [0.2, 0.25) is 0 Å². The molecule has 0 fully saturated rings. The van der Waals surface area contributed by atoms with Gasteiger partial charge in [0, 0.05) is 0 Å². The summed E-state index contributed by atoms with van der Waals surface area (Å²) in [4.78, 5) is 10.5. The van der Waals surface area contributed by atoms with E-state index in [1.54, 1.807) is 0 Å². The van der Waals surface area contributed by atoms with Crippen molar-refractivity contribution in [3.63, 3.8) is 0 Å². The Morgan fingerprint density at radius 3 is 1.64 bits per heavy atom. The molecule has 1 N–H and O–H groups in total. The fourth-order valence-corrected chi connectivity index (χ4v) is 7.51. The van der Waals surface area contributed by atoms with Gasteiger partial charge in [-0.15, -0.1) is 0 Å². The Morgan fingerprint density at radius 1 is 1.18 bits per heavy atom. The molecule has 0 rings (SSSR count). The number of hydrogen-bond acceptors (Lipinski definition) is 1. The van der Waals surface area contributed by atoms with Gasteiger partial charge in [-0.2, -0.15) is 0 Å². The summed E-state index contributed by atoms with van der Waals surface area (Å²) in [6, 6.07) is 0. The summed E-state index contributed by atoms with van der Waals surface area (Å²) in [6.45, 7) is 6.45. The second-order valence-corrected chi connectivity index (χ2v) is 14.6. The molecule has 0 saturated carbocycles. The third-order valence-electron chi connectivity index (χ3n) is 2.78. The average molecular weight is 219 g/mol. The van der Waals surface area contributed by atoms with Crippen LogP contribution in [0.25, 0.3) is 0 Å². The molecule has 0 aliphatic carbocycles. The molecule has 2 nitrogen and oxygen atoms in total. The molecule has 0 aliphatic rings. The summed E-state index contributed by atoms with van der Waals surface area (Å²) in [7, 11) is 0. The van der Waals surface area contributed by atoms with Crippen LogP contribution in [0.4, 0.5) is 0 Å². The van der Waals surface area contributed by atoms with Crippen molar-refractivity contribution < 1.29 is 9.90 Å². The van der Waals surface area contributed by atoms with E-state index in [0.717, 1.165) is 15.8 Å². The van der Waals surface area contributed by atoms with Gasteiger partial charge < -0.3 is 0 Å². The minimum absolute atomic E-state index is 0.503.